The van der Waals surface area contributed by atoms with Gasteiger partial charge in [-0.05, 0) is 46.1 Å². The van der Waals surface area contributed by atoms with E-state index in [0.717, 1.165) is 44.9 Å². The highest BCUT2D eigenvalue weighted by Crippen LogP contribution is 2.13. The predicted octanol–water partition coefficient (Wildman–Crippen LogP) is 4.36. The normalized spacial score (nSPS) is 13.1. The first kappa shape index (κ1) is 24.8. The van der Waals surface area contributed by atoms with E-state index in [0.29, 0.717) is 26.1 Å². The predicted molar refractivity (Wildman–Crippen MR) is 104 cm³/mol. The van der Waals surface area contributed by atoms with E-state index in [1.807, 2.05) is 12.2 Å². The van der Waals surface area contributed by atoms with Crippen molar-refractivity contribution < 1.29 is 24.2 Å². The second kappa shape index (κ2) is 14.9. The first-order valence-electron chi connectivity index (χ1n) is 9.94. The number of ketones is 1. The molecule has 0 aromatic carbocycles. The molecule has 0 saturated heterocycles. The van der Waals surface area contributed by atoms with Gasteiger partial charge in [0.2, 0.25) is 0 Å². The summed E-state index contributed by atoms with van der Waals surface area (Å²) >= 11 is 0. The molecule has 5 nitrogen and oxygen atoms in total. The van der Waals surface area contributed by atoms with E-state index in [4.69, 9.17) is 14.6 Å². The Morgan fingerprint density at radius 3 is 2.08 bits per heavy atom. The molecule has 0 spiro atoms. The van der Waals surface area contributed by atoms with Crippen LogP contribution in [0.1, 0.15) is 85.5 Å². The summed E-state index contributed by atoms with van der Waals surface area (Å²) < 4.78 is 10.8. The van der Waals surface area contributed by atoms with E-state index in [1.54, 1.807) is 0 Å². The Balaban J connectivity index is 3.46. The second-order valence-corrected chi connectivity index (χ2v) is 7.34. The summed E-state index contributed by atoms with van der Waals surface area (Å²) in [6.07, 6.45) is 10.5. The number of esters is 1. The third-order valence-corrected chi connectivity index (χ3v) is 4.45. The number of unbranched alkanes of at least 4 members (excludes halogenated alkanes) is 5. The smallest absolute Gasteiger partial charge is 0.306 e. The van der Waals surface area contributed by atoms with E-state index in [2.05, 4.69) is 20.8 Å². The van der Waals surface area contributed by atoms with Crippen molar-refractivity contribution in [3.63, 3.8) is 0 Å². The van der Waals surface area contributed by atoms with Crippen LogP contribution in [0.25, 0.3) is 0 Å². The molecule has 0 radical (unpaired) electrons. The molecular formula is C21H38O5. The molecule has 0 aromatic heterocycles. The minimum Gasteiger partial charge on any atom is -0.461 e. The van der Waals surface area contributed by atoms with Gasteiger partial charge in [0.25, 0.3) is 0 Å². The van der Waals surface area contributed by atoms with E-state index in [-0.39, 0.29) is 17.4 Å². The fraction of sp³-hybridized carbons (Fsp3) is 0.810. The molecule has 152 valence electrons. The molecule has 0 aliphatic rings. The molecule has 1 N–H and O–H groups in total. The van der Waals surface area contributed by atoms with Gasteiger partial charge in [0.05, 0.1) is 12.2 Å². The molecule has 1 unspecified atom stereocenters. The molecule has 0 amide bonds. The maximum Gasteiger partial charge on any atom is 0.306 e. The molecular weight excluding hydrogens is 332 g/mol. The fourth-order valence-electron chi connectivity index (χ4n) is 2.21. The van der Waals surface area contributed by atoms with Crippen LogP contribution in [0.5, 0.6) is 0 Å². The maximum absolute atomic E-state index is 11.6. The maximum atomic E-state index is 11.6. The Kier molecular flexibility index (Phi) is 14.2. The van der Waals surface area contributed by atoms with E-state index in [9.17, 15) is 9.59 Å². The number of hydrogen-bond donors (Lipinski definition) is 1. The van der Waals surface area contributed by atoms with Crippen molar-refractivity contribution >= 4 is 11.8 Å². The van der Waals surface area contributed by atoms with Gasteiger partial charge in [0, 0.05) is 12.8 Å². The van der Waals surface area contributed by atoms with E-state index >= 15 is 0 Å². The summed E-state index contributed by atoms with van der Waals surface area (Å²) in [7, 11) is 0. The minimum atomic E-state index is -0.841. The lowest BCUT2D eigenvalue weighted by Crippen LogP contribution is -2.22. The lowest BCUT2D eigenvalue weighted by atomic mass is 10.1. The molecule has 0 fully saturated rings. The Morgan fingerprint density at radius 2 is 1.50 bits per heavy atom. The number of aliphatic hydroxyl groups is 1. The van der Waals surface area contributed by atoms with Gasteiger partial charge >= 0.3 is 5.97 Å². The topological polar surface area (TPSA) is 72.8 Å². The molecule has 5 heteroatoms. The van der Waals surface area contributed by atoms with Crippen LogP contribution in [0.3, 0.4) is 0 Å². The highest BCUT2D eigenvalue weighted by Gasteiger charge is 2.13. The first-order valence-corrected chi connectivity index (χ1v) is 9.94. The van der Waals surface area contributed by atoms with Crippen LogP contribution in [0.2, 0.25) is 0 Å². The molecule has 0 aromatic rings. The fourth-order valence-corrected chi connectivity index (χ4v) is 2.21. The lowest BCUT2D eigenvalue weighted by Gasteiger charge is -2.22. The number of hydrogen-bond acceptors (Lipinski definition) is 5. The quantitative estimate of drug-likeness (QED) is 0.248. The number of rotatable bonds is 16. The van der Waals surface area contributed by atoms with Crippen LogP contribution >= 0.6 is 0 Å². The molecule has 26 heavy (non-hydrogen) atoms. The highest BCUT2D eigenvalue weighted by molar-refractivity contribution is 5.82. The summed E-state index contributed by atoms with van der Waals surface area (Å²) in [5.74, 6) is -0.241. The number of ether oxygens (including phenoxy) is 2. The first-order chi connectivity index (χ1) is 12.3. The minimum absolute atomic E-state index is 0.0811. The lowest BCUT2D eigenvalue weighted by molar-refractivity contribution is -0.142. The molecule has 0 aliphatic heterocycles. The number of aliphatic hydroxyl groups excluding tert-OH is 1. The molecule has 0 rings (SSSR count). The van der Waals surface area contributed by atoms with Crippen LogP contribution in [0.15, 0.2) is 12.2 Å². The molecule has 0 saturated carbocycles. The van der Waals surface area contributed by atoms with Gasteiger partial charge in [-0.15, -0.1) is 0 Å². The van der Waals surface area contributed by atoms with Crippen molar-refractivity contribution in [1.82, 2.24) is 0 Å². The molecule has 0 bridgehead atoms. The van der Waals surface area contributed by atoms with E-state index in [1.165, 1.54) is 6.92 Å². The summed E-state index contributed by atoms with van der Waals surface area (Å²) in [5, 5.41) is 9.09. The van der Waals surface area contributed by atoms with Crippen LogP contribution in [0, 0.1) is 0 Å². The Labute approximate surface area is 159 Å². The third kappa shape index (κ3) is 15.1. The summed E-state index contributed by atoms with van der Waals surface area (Å²) in [6, 6.07) is 0. The number of Topliss-reactive ketones (excluding diaryl/α,β-unsaturated/α-hetero) is 1. The van der Waals surface area contributed by atoms with Gasteiger partial charge in [-0.3, -0.25) is 9.59 Å². The summed E-state index contributed by atoms with van der Waals surface area (Å²) in [4.78, 5) is 22.8. The van der Waals surface area contributed by atoms with Gasteiger partial charge < -0.3 is 14.6 Å². The van der Waals surface area contributed by atoms with Crippen LogP contribution in [0.4, 0.5) is 0 Å². The SMILES string of the molecule is CCC(C)(C)OC/C=C\COC(=O)CCCCCCCCC(=O)C(C)O. The molecule has 1 atom stereocenters. The van der Waals surface area contributed by atoms with Gasteiger partial charge in [-0.1, -0.05) is 38.7 Å². The largest absolute Gasteiger partial charge is 0.461 e. The summed E-state index contributed by atoms with van der Waals surface area (Å²) in [6.45, 7) is 8.53. The van der Waals surface area contributed by atoms with Gasteiger partial charge in [-0.25, -0.2) is 0 Å². The Hall–Kier alpha value is -1.20. The summed E-state index contributed by atoms with van der Waals surface area (Å²) in [5.41, 5.74) is -0.117. The van der Waals surface area contributed by atoms with E-state index < -0.39 is 6.10 Å². The Bertz CT molecular complexity index is 413. The highest BCUT2D eigenvalue weighted by atomic mass is 16.5. The second-order valence-electron chi connectivity index (χ2n) is 7.34. The Morgan fingerprint density at radius 1 is 0.962 bits per heavy atom. The third-order valence-electron chi connectivity index (χ3n) is 4.45. The zero-order valence-electron chi connectivity index (χ0n) is 17.1. The van der Waals surface area contributed by atoms with Crippen molar-refractivity contribution in [3.8, 4) is 0 Å². The van der Waals surface area contributed by atoms with Gasteiger partial charge in [0.15, 0.2) is 5.78 Å². The zero-order valence-corrected chi connectivity index (χ0v) is 17.1. The van der Waals surface area contributed by atoms with Crippen molar-refractivity contribution in [2.24, 2.45) is 0 Å². The van der Waals surface area contributed by atoms with Gasteiger partial charge in [0.1, 0.15) is 12.7 Å². The molecule has 0 aliphatic carbocycles. The standard InChI is InChI=1S/C21H38O5/c1-5-21(3,4)26-17-13-12-16-25-20(24)15-11-9-7-6-8-10-14-19(23)18(2)22/h12-13,18,22H,5-11,14-17H2,1-4H3/b13-12-. The molecule has 0 heterocycles. The van der Waals surface area contributed by atoms with Gasteiger partial charge in [-0.2, -0.15) is 0 Å². The van der Waals surface area contributed by atoms with Crippen molar-refractivity contribution in [1.29, 1.82) is 0 Å². The average molecular weight is 371 g/mol. The zero-order chi connectivity index (χ0) is 19.8. The van der Waals surface area contributed by atoms with Crippen molar-refractivity contribution in [2.45, 2.75) is 97.2 Å². The van der Waals surface area contributed by atoms with Crippen LogP contribution in [-0.4, -0.2) is 41.8 Å². The number of carbonyl (C=O) groups excluding carboxylic acids is 2. The monoisotopic (exact) mass is 370 g/mol. The van der Waals surface area contributed by atoms with Crippen molar-refractivity contribution in [3.05, 3.63) is 12.2 Å². The van der Waals surface area contributed by atoms with Crippen LogP contribution < -0.4 is 0 Å². The van der Waals surface area contributed by atoms with Crippen molar-refractivity contribution in [2.75, 3.05) is 13.2 Å². The van der Waals surface area contributed by atoms with Crippen LogP contribution in [-0.2, 0) is 19.1 Å². The average Bonchev–Trinajstić information content (AvgIpc) is 2.59. The number of carbonyl (C=O) groups is 2.